The Morgan fingerprint density at radius 1 is 1.16 bits per heavy atom. The average molecular weight is 268 g/mol. The van der Waals surface area contributed by atoms with Crippen molar-refractivity contribution >= 4 is 5.97 Å². The van der Waals surface area contributed by atoms with Crippen LogP contribution in [0.1, 0.15) is 54.4 Å². The van der Waals surface area contributed by atoms with E-state index in [1.54, 1.807) is 0 Å². The zero-order valence-electron chi connectivity index (χ0n) is 10.8. The highest BCUT2D eigenvalue weighted by Crippen LogP contribution is 2.28. The Bertz CT molecular complexity index is 442. The van der Waals surface area contributed by atoms with Gasteiger partial charge in [0.1, 0.15) is 17.2 Å². The molecule has 1 aliphatic rings. The van der Waals surface area contributed by atoms with Gasteiger partial charge in [-0.1, -0.05) is 32.1 Å². The van der Waals surface area contributed by atoms with E-state index in [9.17, 15) is 13.6 Å². The Balaban J connectivity index is 2.03. The minimum atomic E-state index is -1.56. The fourth-order valence-corrected chi connectivity index (χ4v) is 2.82. The van der Waals surface area contributed by atoms with Crippen molar-refractivity contribution in [1.29, 1.82) is 0 Å². The number of aryl methyl sites for hydroxylation is 1. The first-order chi connectivity index (χ1) is 9.08. The van der Waals surface area contributed by atoms with Gasteiger partial charge in [0.2, 0.25) is 0 Å². The van der Waals surface area contributed by atoms with E-state index < -0.39 is 23.2 Å². The van der Waals surface area contributed by atoms with Crippen LogP contribution in [0.5, 0.6) is 0 Å². The fraction of sp³-hybridized carbons (Fsp3) is 0.533. The first-order valence-electron chi connectivity index (χ1n) is 6.79. The van der Waals surface area contributed by atoms with Crippen molar-refractivity contribution in [2.24, 2.45) is 5.92 Å². The fourth-order valence-electron chi connectivity index (χ4n) is 2.82. The van der Waals surface area contributed by atoms with Crippen molar-refractivity contribution in [3.8, 4) is 0 Å². The second kappa shape index (κ2) is 6.13. The van der Waals surface area contributed by atoms with Crippen molar-refractivity contribution in [2.75, 3.05) is 0 Å². The van der Waals surface area contributed by atoms with Crippen LogP contribution in [-0.4, -0.2) is 11.1 Å². The zero-order chi connectivity index (χ0) is 13.8. The number of hydrogen-bond acceptors (Lipinski definition) is 1. The quantitative estimate of drug-likeness (QED) is 0.889. The average Bonchev–Trinajstić information content (AvgIpc) is 2.36. The summed E-state index contributed by atoms with van der Waals surface area (Å²) in [5, 5.41) is 8.69. The number of halogens is 2. The number of carbonyl (C=O) groups is 1. The van der Waals surface area contributed by atoms with E-state index in [2.05, 4.69) is 0 Å². The van der Waals surface area contributed by atoms with E-state index in [4.69, 9.17) is 5.11 Å². The lowest BCUT2D eigenvalue weighted by Gasteiger charge is -2.21. The highest BCUT2D eigenvalue weighted by molar-refractivity contribution is 5.88. The molecule has 1 aliphatic carbocycles. The van der Waals surface area contributed by atoms with E-state index in [1.165, 1.54) is 32.1 Å². The number of benzene rings is 1. The van der Waals surface area contributed by atoms with Gasteiger partial charge in [-0.05, 0) is 36.5 Å². The Hall–Kier alpha value is -1.45. The maximum Gasteiger partial charge on any atom is 0.341 e. The van der Waals surface area contributed by atoms with Gasteiger partial charge in [-0.15, -0.1) is 0 Å². The Labute approximate surface area is 111 Å². The van der Waals surface area contributed by atoms with Crippen molar-refractivity contribution in [1.82, 2.24) is 0 Å². The van der Waals surface area contributed by atoms with Crippen LogP contribution < -0.4 is 0 Å². The standard InChI is InChI=1S/C15H18F2O2/c16-12-8-11(9-13(17)14(12)15(18)19)7-6-10-4-2-1-3-5-10/h8-10H,1-7H2,(H,18,19). The number of carboxylic acid groups (broad SMARTS) is 1. The van der Waals surface area contributed by atoms with E-state index in [-0.39, 0.29) is 0 Å². The van der Waals surface area contributed by atoms with Gasteiger partial charge in [0.25, 0.3) is 0 Å². The molecule has 2 rings (SSSR count). The lowest BCUT2D eigenvalue weighted by atomic mass is 9.85. The van der Waals surface area contributed by atoms with Gasteiger partial charge in [-0.3, -0.25) is 0 Å². The third-order valence-electron chi connectivity index (χ3n) is 3.88. The summed E-state index contributed by atoms with van der Waals surface area (Å²) in [6.07, 6.45) is 7.68. The summed E-state index contributed by atoms with van der Waals surface area (Å²) >= 11 is 0. The van der Waals surface area contributed by atoms with Crippen LogP contribution in [0.2, 0.25) is 0 Å². The second-order valence-corrected chi connectivity index (χ2v) is 5.28. The monoisotopic (exact) mass is 268 g/mol. The van der Waals surface area contributed by atoms with Gasteiger partial charge in [0.15, 0.2) is 0 Å². The predicted octanol–water partition coefficient (Wildman–Crippen LogP) is 4.18. The molecule has 1 N–H and O–H groups in total. The van der Waals surface area contributed by atoms with Gasteiger partial charge in [-0.2, -0.15) is 0 Å². The molecular formula is C15H18F2O2. The summed E-state index contributed by atoms with van der Waals surface area (Å²) in [6.45, 7) is 0. The summed E-state index contributed by atoms with van der Waals surface area (Å²) in [5.74, 6) is -2.88. The second-order valence-electron chi connectivity index (χ2n) is 5.28. The Kier molecular flexibility index (Phi) is 4.51. The minimum Gasteiger partial charge on any atom is -0.477 e. The van der Waals surface area contributed by atoms with Crippen molar-refractivity contribution in [2.45, 2.75) is 44.9 Å². The highest BCUT2D eigenvalue weighted by atomic mass is 19.1. The molecule has 0 heterocycles. The van der Waals surface area contributed by atoms with E-state index in [0.717, 1.165) is 18.6 Å². The first kappa shape index (κ1) is 14.0. The van der Waals surface area contributed by atoms with Gasteiger partial charge < -0.3 is 5.11 Å². The summed E-state index contributed by atoms with van der Waals surface area (Å²) in [5.41, 5.74) is -0.313. The maximum atomic E-state index is 13.5. The molecule has 0 bridgehead atoms. The van der Waals surface area contributed by atoms with Crippen molar-refractivity contribution < 1.29 is 18.7 Å². The van der Waals surface area contributed by atoms with Gasteiger partial charge >= 0.3 is 5.97 Å². The number of carboxylic acids is 1. The number of aromatic carboxylic acids is 1. The van der Waals surface area contributed by atoms with E-state index in [0.29, 0.717) is 17.9 Å². The third-order valence-corrected chi connectivity index (χ3v) is 3.88. The topological polar surface area (TPSA) is 37.3 Å². The largest absolute Gasteiger partial charge is 0.477 e. The van der Waals surface area contributed by atoms with Crippen LogP contribution >= 0.6 is 0 Å². The molecule has 0 aliphatic heterocycles. The first-order valence-corrected chi connectivity index (χ1v) is 6.79. The van der Waals surface area contributed by atoms with Crippen LogP contribution in [0.25, 0.3) is 0 Å². The van der Waals surface area contributed by atoms with Crippen molar-refractivity contribution in [3.63, 3.8) is 0 Å². The summed E-state index contributed by atoms with van der Waals surface area (Å²) < 4.78 is 27.0. The highest BCUT2D eigenvalue weighted by Gasteiger charge is 2.18. The molecule has 0 amide bonds. The molecule has 0 saturated heterocycles. The molecule has 2 nitrogen and oxygen atoms in total. The maximum absolute atomic E-state index is 13.5. The molecule has 1 aromatic carbocycles. The lowest BCUT2D eigenvalue weighted by molar-refractivity contribution is 0.0686. The van der Waals surface area contributed by atoms with Crippen LogP contribution in [0.4, 0.5) is 8.78 Å². The molecule has 1 aromatic rings. The smallest absolute Gasteiger partial charge is 0.341 e. The SMILES string of the molecule is O=C(O)c1c(F)cc(CCC2CCCCC2)cc1F. The Morgan fingerprint density at radius 3 is 2.26 bits per heavy atom. The molecule has 1 saturated carbocycles. The minimum absolute atomic E-state index is 0.547. The molecule has 0 atom stereocenters. The number of hydrogen-bond donors (Lipinski definition) is 1. The van der Waals surface area contributed by atoms with Gasteiger partial charge in [-0.25, -0.2) is 13.6 Å². The van der Waals surface area contributed by atoms with Crippen LogP contribution in [0.15, 0.2) is 12.1 Å². The zero-order valence-corrected chi connectivity index (χ0v) is 10.8. The lowest BCUT2D eigenvalue weighted by Crippen LogP contribution is -2.09. The normalized spacial score (nSPS) is 16.5. The molecule has 0 aromatic heterocycles. The summed E-state index contributed by atoms with van der Waals surface area (Å²) in [4.78, 5) is 10.7. The Morgan fingerprint density at radius 2 is 1.74 bits per heavy atom. The molecule has 104 valence electrons. The molecular weight excluding hydrogens is 250 g/mol. The number of rotatable bonds is 4. The van der Waals surface area contributed by atoms with Crippen LogP contribution in [0, 0.1) is 17.6 Å². The molecule has 4 heteroatoms. The molecule has 0 unspecified atom stereocenters. The predicted molar refractivity (Wildman–Crippen MR) is 68.2 cm³/mol. The van der Waals surface area contributed by atoms with Gasteiger partial charge in [0.05, 0.1) is 0 Å². The van der Waals surface area contributed by atoms with Crippen LogP contribution in [0.3, 0.4) is 0 Å². The van der Waals surface area contributed by atoms with Crippen LogP contribution in [-0.2, 0) is 6.42 Å². The molecule has 19 heavy (non-hydrogen) atoms. The van der Waals surface area contributed by atoms with E-state index in [1.807, 2.05) is 0 Å². The molecule has 0 spiro atoms. The van der Waals surface area contributed by atoms with Crippen molar-refractivity contribution in [3.05, 3.63) is 34.9 Å². The summed E-state index contributed by atoms with van der Waals surface area (Å²) in [6, 6.07) is 2.30. The summed E-state index contributed by atoms with van der Waals surface area (Å²) in [7, 11) is 0. The van der Waals surface area contributed by atoms with E-state index >= 15 is 0 Å². The van der Waals surface area contributed by atoms with Gasteiger partial charge in [0, 0.05) is 0 Å². The third kappa shape index (κ3) is 3.52. The molecule has 0 radical (unpaired) electrons. The molecule has 1 fully saturated rings.